The van der Waals surface area contributed by atoms with E-state index in [1.54, 1.807) is 4.90 Å². The molecule has 5 heteroatoms. The zero-order valence-corrected chi connectivity index (χ0v) is 8.70. The van der Waals surface area contributed by atoms with Crippen LogP contribution in [0.1, 0.15) is 19.8 Å². The zero-order valence-electron chi connectivity index (χ0n) is 8.70. The van der Waals surface area contributed by atoms with Gasteiger partial charge < -0.3 is 20.4 Å². The lowest BCUT2D eigenvalue weighted by Crippen LogP contribution is -2.42. The summed E-state index contributed by atoms with van der Waals surface area (Å²) in [6.45, 7) is 3.20. The summed E-state index contributed by atoms with van der Waals surface area (Å²) < 4.78 is 0. The lowest BCUT2D eigenvalue weighted by molar-refractivity contribution is 0.173. The number of aliphatic hydroxyl groups is 2. The number of amides is 2. The molecule has 0 fully saturated rings. The van der Waals surface area contributed by atoms with E-state index in [1.807, 2.05) is 6.92 Å². The van der Waals surface area contributed by atoms with Gasteiger partial charge in [0, 0.05) is 19.6 Å². The molecule has 14 heavy (non-hydrogen) atoms. The maximum Gasteiger partial charge on any atom is 0.317 e. The largest absolute Gasteiger partial charge is 0.395 e. The summed E-state index contributed by atoms with van der Waals surface area (Å²) in [7, 11) is 0. The van der Waals surface area contributed by atoms with E-state index in [0.717, 1.165) is 12.8 Å². The Morgan fingerprint density at radius 2 is 2.00 bits per heavy atom. The summed E-state index contributed by atoms with van der Waals surface area (Å²) >= 11 is 0. The third-order valence-corrected chi connectivity index (χ3v) is 1.83. The van der Waals surface area contributed by atoms with Crippen LogP contribution in [0.4, 0.5) is 4.79 Å². The van der Waals surface area contributed by atoms with Crippen LogP contribution in [-0.4, -0.2) is 54.0 Å². The molecule has 0 bridgehead atoms. The summed E-state index contributed by atoms with van der Waals surface area (Å²) in [5.41, 5.74) is 0. The van der Waals surface area contributed by atoms with Gasteiger partial charge in [0.1, 0.15) is 0 Å². The van der Waals surface area contributed by atoms with Crippen LogP contribution in [0, 0.1) is 0 Å². The van der Waals surface area contributed by atoms with E-state index in [4.69, 9.17) is 10.2 Å². The first kappa shape index (κ1) is 13.2. The number of hydrogen-bond acceptors (Lipinski definition) is 3. The lowest BCUT2D eigenvalue weighted by atomic mass is 10.3. The smallest absolute Gasteiger partial charge is 0.317 e. The molecule has 0 aliphatic heterocycles. The van der Waals surface area contributed by atoms with Crippen LogP contribution in [0.15, 0.2) is 0 Å². The first-order chi connectivity index (χ1) is 6.76. The molecule has 0 saturated heterocycles. The molecule has 5 nitrogen and oxygen atoms in total. The second-order valence-corrected chi connectivity index (χ2v) is 3.02. The van der Waals surface area contributed by atoms with Gasteiger partial charge in [0.25, 0.3) is 0 Å². The van der Waals surface area contributed by atoms with Crippen molar-refractivity contribution in [2.45, 2.75) is 19.8 Å². The number of carbonyl (C=O) groups excluding carboxylic acids is 1. The maximum atomic E-state index is 11.4. The summed E-state index contributed by atoms with van der Waals surface area (Å²) in [6, 6.07) is -0.221. The number of unbranched alkanes of at least 4 members (excludes halogenated alkanes) is 1. The van der Waals surface area contributed by atoms with Gasteiger partial charge in [0.05, 0.1) is 13.2 Å². The van der Waals surface area contributed by atoms with E-state index in [0.29, 0.717) is 13.1 Å². The lowest BCUT2D eigenvalue weighted by Gasteiger charge is -2.21. The normalized spacial score (nSPS) is 9.93. The fourth-order valence-electron chi connectivity index (χ4n) is 1.06. The molecular weight excluding hydrogens is 184 g/mol. The Kier molecular flexibility index (Phi) is 8.27. The van der Waals surface area contributed by atoms with Crippen molar-refractivity contribution in [3.8, 4) is 0 Å². The van der Waals surface area contributed by atoms with Gasteiger partial charge in [-0.05, 0) is 6.42 Å². The minimum absolute atomic E-state index is 0.0315. The van der Waals surface area contributed by atoms with Crippen LogP contribution in [0.3, 0.4) is 0 Å². The molecule has 0 heterocycles. The van der Waals surface area contributed by atoms with Crippen LogP contribution in [0.25, 0.3) is 0 Å². The number of aliphatic hydroxyl groups excluding tert-OH is 2. The third-order valence-electron chi connectivity index (χ3n) is 1.83. The van der Waals surface area contributed by atoms with Crippen molar-refractivity contribution in [1.82, 2.24) is 10.2 Å². The van der Waals surface area contributed by atoms with Crippen molar-refractivity contribution in [3.63, 3.8) is 0 Å². The van der Waals surface area contributed by atoms with E-state index in [9.17, 15) is 4.79 Å². The Labute approximate surface area is 84.7 Å². The van der Waals surface area contributed by atoms with Crippen LogP contribution < -0.4 is 5.32 Å². The molecule has 0 aromatic heterocycles. The average Bonchev–Trinajstić information content (AvgIpc) is 2.20. The Balaban J connectivity index is 3.84. The van der Waals surface area contributed by atoms with Crippen molar-refractivity contribution in [3.05, 3.63) is 0 Å². The van der Waals surface area contributed by atoms with Gasteiger partial charge in [-0.2, -0.15) is 0 Å². The van der Waals surface area contributed by atoms with Gasteiger partial charge in [-0.3, -0.25) is 0 Å². The van der Waals surface area contributed by atoms with Crippen molar-refractivity contribution in [2.24, 2.45) is 0 Å². The predicted molar refractivity (Wildman–Crippen MR) is 54.1 cm³/mol. The highest BCUT2D eigenvalue weighted by molar-refractivity contribution is 5.74. The highest BCUT2D eigenvalue weighted by Gasteiger charge is 2.10. The average molecular weight is 204 g/mol. The maximum absolute atomic E-state index is 11.4. The molecule has 0 aromatic carbocycles. The summed E-state index contributed by atoms with van der Waals surface area (Å²) in [5.74, 6) is 0. The zero-order chi connectivity index (χ0) is 10.8. The topological polar surface area (TPSA) is 72.8 Å². The second-order valence-electron chi connectivity index (χ2n) is 3.02. The summed E-state index contributed by atoms with van der Waals surface area (Å²) in [5, 5.41) is 19.8. The number of carbonyl (C=O) groups is 1. The van der Waals surface area contributed by atoms with E-state index in [2.05, 4.69) is 5.32 Å². The third kappa shape index (κ3) is 5.77. The predicted octanol–water partition coefficient (Wildman–Crippen LogP) is -0.217. The molecule has 0 atom stereocenters. The Morgan fingerprint density at radius 1 is 1.29 bits per heavy atom. The van der Waals surface area contributed by atoms with Crippen molar-refractivity contribution >= 4 is 6.03 Å². The minimum Gasteiger partial charge on any atom is -0.395 e. The van der Waals surface area contributed by atoms with E-state index < -0.39 is 0 Å². The molecule has 0 radical (unpaired) electrons. The molecule has 0 spiro atoms. The highest BCUT2D eigenvalue weighted by atomic mass is 16.3. The molecule has 0 saturated carbocycles. The summed E-state index contributed by atoms with van der Waals surface area (Å²) in [6.07, 6.45) is 1.93. The van der Waals surface area contributed by atoms with E-state index >= 15 is 0 Å². The van der Waals surface area contributed by atoms with Crippen molar-refractivity contribution in [1.29, 1.82) is 0 Å². The molecule has 2 amide bonds. The molecule has 84 valence electrons. The second kappa shape index (κ2) is 8.77. The number of rotatable bonds is 7. The fraction of sp³-hybridized carbons (Fsp3) is 0.889. The first-order valence-electron chi connectivity index (χ1n) is 5.00. The standard InChI is InChI=1S/C9H20N2O3/c1-2-3-5-11(6-8-13)9(14)10-4-7-12/h12-13H,2-8H2,1H3,(H,10,14). The van der Waals surface area contributed by atoms with Crippen molar-refractivity contribution < 1.29 is 15.0 Å². The minimum atomic E-state index is -0.221. The summed E-state index contributed by atoms with van der Waals surface area (Å²) in [4.78, 5) is 12.9. The molecule has 3 N–H and O–H groups in total. The fourth-order valence-corrected chi connectivity index (χ4v) is 1.06. The van der Waals surface area contributed by atoms with Crippen LogP contribution in [0.2, 0.25) is 0 Å². The Bertz CT molecular complexity index is 153. The number of urea groups is 1. The molecule has 0 aliphatic rings. The first-order valence-corrected chi connectivity index (χ1v) is 5.00. The van der Waals surface area contributed by atoms with Gasteiger partial charge in [-0.25, -0.2) is 4.79 Å². The van der Waals surface area contributed by atoms with Gasteiger partial charge in [0.2, 0.25) is 0 Å². The van der Waals surface area contributed by atoms with Crippen LogP contribution >= 0.6 is 0 Å². The quantitative estimate of drug-likeness (QED) is 0.537. The molecule has 0 aliphatic carbocycles. The SMILES string of the molecule is CCCCN(CCO)C(=O)NCCO. The van der Waals surface area contributed by atoms with E-state index in [1.165, 1.54) is 0 Å². The Morgan fingerprint density at radius 3 is 2.50 bits per heavy atom. The van der Waals surface area contributed by atoms with Gasteiger partial charge in [-0.15, -0.1) is 0 Å². The van der Waals surface area contributed by atoms with Gasteiger partial charge in [0.15, 0.2) is 0 Å². The van der Waals surface area contributed by atoms with Crippen LogP contribution in [-0.2, 0) is 0 Å². The van der Waals surface area contributed by atoms with Crippen LogP contribution in [0.5, 0.6) is 0 Å². The number of nitrogens with zero attached hydrogens (tertiary/aromatic N) is 1. The van der Waals surface area contributed by atoms with E-state index in [-0.39, 0.29) is 25.8 Å². The highest BCUT2D eigenvalue weighted by Crippen LogP contribution is 1.95. The molecular formula is C9H20N2O3. The van der Waals surface area contributed by atoms with Gasteiger partial charge in [-0.1, -0.05) is 13.3 Å². The molecule has 0 aromatic rings. The Hall–Kier alpha value is -0.810. The number of hydrogen-bond donors (Lipinski definition) is 3. The molecule has 0 rings (SSSR count). The van der Waals surface area contributed by atoms with Gasteiger partial charge >= 0.3 is 6.03 Å². The number of nitrogens with one attached hydrogen (secondary N) is 1. The molecule has 0 unspecified atom stereocenters. The van der Waals surface area contributed by atoms with Crippen molar-refractivity contribution in [2.75, 3.05) is 32.8 Å². The monoisotopic (exact) mass is 204 g/mol.